The molecule has 1 atom stereocenters. The average molecular weight is 313 g/mol. The Balaban J connectivity index is 2.73. The van der Waals surface area contributed by atoms with Crippen molar-refractivity contribution in [2.75, 3.05) is 0 Å². The molecule has 1 unspecified atom stereocenters. The molecular formula is C15H25BrN2. The van der Waals surface area contributed by atoms with Gasteiger partial charge in [0.15, 0.2) is 0 Å². The highest BCUT2D eigenvalue weighted by Gasteiger charge is 2.20. The van der Waals surface area contributed by atoms with Crippen molar-refractivity contribution in [2.24, 2.45) is 11.8 Å². The van der Waals surface area contributed by atoms with Crippen molar-refractivity contribution in [1.29, 1.82) is 0 Å². The van der Waals surface area contributed by atoms with Crippen molar-refractivity contribution >= 4 is 15.9 Å². The summed E-state index contributed by atoms with van der Waals surface area (Å²) in [5.74, 6) is 6.43. The van der Waals surface area contributed by atoms with E-state index in [2.05, 4.69) is 53.4 Å². The predicted molar refractivity (Wildman–Crippen MR) is 82.3 cm³/mol. The quantitative estimate of drug-likeness (QED) is 0.561. The lowest BCUT2D eigenvalue weighted by Crippen LogP contribution is -2.42. The highest BCUT2D eigenvalue weighted by atomic mass is 79.9. The molecule has 0 spiro atoms. The number of rotatable bonds is 8. The molecule has 0 saturated carbocycles. The van der Waals surface area contributed by atoms with Gasteiger partial charge >= 0.3 is 0 Å². The van der Waals surface area contributed by atoms with Crippen molar-refractivity contribution < 1.29 is 0 Å². The fourth-order valence-electron chi connectivity index (χ4n) is 2.55. The summed E-state index contributed by atoms with van der Waals surface area (Å²) in [5.41, 5.74) is 4.36. The van der Waals surface area contributed by atoms with Crippen LogP contribution in [0.2, 0.25) is 0 Å². The Morgan fingerprint density at radius 3 is 2.28 bits per heavy atom. The van der Waals surface area contributed by atoms with Crippen LogP contribution in [0.3, 0.4) is 0 Å². The lowest BCUT2D eigenvalue weighted by atomic mass is 9.87. The number of nitrogens with two attached hydrogens (primary N) is 1. The number of nitrogens with one attached hydrogen (secondary N) is 1. The fourth-order valence-corrected chi connectivity index (χ4v) is 3.00. The Labute approximate surface area is 119 Å². The van der Waals surface area contributed by atoms with Gasteiger partial charge in [-0.15, -0.1) is 0 Å². The van der Waals surface area contributed by atoms with E-state index in [1.807, 2.05) is 6.07 Å². The third-order valence-corrected chi connectivity index (χ3v) is 4.27. The normalized spacial score (nSPS) is 12.9. The van der Waals surface area contributed by atoms with Crippen LogP contribution in [0, 0.1) is 5.92 Å². The van der Waals surface area contributed by atoms with Crippen LogP contribution >= 0.6 is 15.9 Å². The summed E-state index contributed by atoms with van der Waals surface area (Å²) in [7, 11) is 0. The summed E-state index contributed by atoms with van der Waals surface area (Å²) < 4.78 is 1.18. The van der Waals surface area contributed by atoms with Crippen LogP contribution in [-0.4, -0.2) is 6.04 Å². The highest BCUT2D eigenvalue weighted by molar-refractivity contribution is 9.10. The summed E-state index contributed by atoms with van der Waals surface area (Å²) in [6, 6.07) is 8.76. The topological polar surface area (TPSA) is 38.0 Å². The summed E-state index contributed by atoms with van der Waals surface area (Å²) in [5, 5.41) is 0. The Morgan fingerprint density at radius 2 is 1.78 bits per heavy atom. The van der Waals surface area contributed by atoms with Gasteiger partial charge in [0, 0.05) is 10.5 Å². The molecule has 0 heterocycles. The zero-order valence-corrected chi connectivity index (χ0v) is 13.0. The number of hydrogen-bond donors (Lipinski definition) is 2. The van der Waals surface area contributed by atoms with Crippen molar-refractivity contribution in [3.63, 3.8) is 0 Å². The summed E-state index contributed by atoms with van der Waals surface area (Å²) in [6.45, 7) is 4.49. The second-order valence-electron chi connectivity index (χ2n) is 4.91. The highest BCUT2D eigenvalue weighted by Crippen LogP contribution is 2.24. The van der Waals surface area contributed by atoms with Gasteiger partial charge in [-0.2, -0.15) is 0 Å². The SMILES string of the molecule is CCCC(CCC)C(Cc1ccccc1Br)NN. The second kappa shape index (κ2) is 8.68. The van der Waals surface area contributed by atoms with Gasteiger partial charge in [-0.05, 0) is 36.8 Å². The van der Waals surface area contributed by atoms with Crippen molar-refractivity contribution in [1.82, 2.24) is 5.43 Å². The van der Waals surface area contributed by atoms with Crippen LogP contribution in [0.1, 0.15) is 45.1 Å². The summed E-state index contributed by atoms with van der Waals surface area (Å²) in [6.07, 6.45) is 5.92. The van der Waals surface area contributed by atoms with E-state index in [1.165, 1.54) is 35.7 Å². The number of hydrazine groups is 1. The van der Waals surface area contributed by atoms with E-state index < -0.39 is 0 Å². The summed E-state index contributed by atoms with van der Waals surface area (Å²) in [4.78, 5) is 0. The van der Waals surface area contributed by atoms with Gasteiger partial charge in [-0.1, -0.05) is 60.8 Å². The van der Waals surface area contributed by atoms with Crippen LogP contribution in [0.4, 0.5) is 0 Å². The third kappa shape index (κ3) is 4.71. The van der Waals surface area contributed by atoms with Crippen LogP contribution in [0.25, 0.3) is 0 Å². The maximum atomic E-state index is 5.77. The summed E-state index contributed by atoms with van der Waals surface area (Å²) >= 11 is 3.61. The molecule has 0 aliphatic heterocycles. The van der Waals surface area contributed by atoms with E-state index in [9.17, 15) is 0 Å². The van der Waals surface area contributed by atoms with E-state index in [-0.39, 0.29) is 0 Å². The smallest absolute Gasteiger partial charge is 0.0279 e. The monoisotopic (exact) mass is 312 g/mol. The Hall–Kier alpha value is -0.380. The minimum atomic E-state index is 0.364. The molecule has 3 N–H and O–H groups in total. The minimum Gasteiger partial charge on any atom is -0.271 e. The Morgan fingerprint density at radius 1 is 1.17 bits per heavy atom. The first-order valence-corrected chi connectivity index (χ1v) is 7.71. The van der Waals surface area contributed by atoms with E-state index in [4.69, 9.17) is 5.84 Å². The molecular weight excluding hydrogens is 288 g/mol. The van der Waals surface area contributed by atoms with Crippen molar-refractivity contribution in [2.45, 2.75) is 52.0 Å². The standard InChI is InChI=1S/C15H25BrN2/c1-3-7-12(8-4-2)15(18-17)11-13-9-5-6-10-14(13)16/h5-6,9-10,12,15,18H,3-4,7-8,11,17H2,1-2H3. The molecule has 0 aliphatic carbocycles. The average Bonchev–Trinajstić information content (AvgIpc) is 2.38. The molecule has 0 aliphatic rings. The third-order valence-electron chi connectivity index (χ3n) is 3.50. The van der Waals surface area contributed by atoms with Gasteiger partial charge in [0.25, 0.3) is 0 Å². The van der Waals surface area contributed by atoms with Crippen LogP contribution in [0.15, 0.2) is 28.7 Å². The van der Waals surface area contributed by atoms with Crippen molar-refractivity contribution in [3.05, 3.63) is 34.3 Å². The van der Waals surface area contributed by atoms with E-state index in [0.717, 1.165) is 6.42 Å². The lowest BCUT2D eigenvalue weighted by molar-refractivity contribution is 0.311. The molecule has 0 bridgehead atoms. The number of benzene rings is 1. The first-order chi connectivity index (χ1) is 8.72. The molecule has 1 rings (SSSR count). The first kappa shape index (κ1) is 15.7. The van der Waals surface area contributed by atoms with Crippen LogP contribution < -0.4 is 11.3 Å². The molecule has 1 aromatic rings. The lowest BCUT2D eigenvalue weighted by Gasteiger charge is -2.26. The van der Waals surface area contributed by atoms with Crippen LogP contribution in [-0.2, 0) is 6.42 Å². The zero-order chi connectivity index (χ0) is 13.4. The zero-order valence-electron chi connectivity index (χ0n) is 11.5. The molecule has 1 aromatic carbocycles. The van der Waals surface area contributed by atoms with Gasteiger partial charge in [0.2, 0.25) is 0 Å². The molecule has 0 fully saturated rings. The van der Waals surface area contributed by atoms with Gasteiger partial charge in [-0.25, -0.2) is 0 Å². The largest absolute Gasteiger partial charge is 0.271 e. The van der Waals surface area contributed by atoms with E-state index in [1.54, 1.807) is 0 Å². The second-order valence-corrected chi connectivity index (χ2v) is 5.76. The Kier molecular flexibility index (Phi) is 7.56. The van der Waals surface area contributed by atoms with E-state index >= 15 is 0 Å². The maximum absolute atomic E-state index is 5.77. The minimum absolute atomic E-state index is 0.364. The fraction of sp³-hybridized carbons (Fsp3) is 0.600. The van der Waals surface area contributed by atoms with Gasteiger partial charge in [0.1, 0.15) is 0 Å². The molecule has 0 aromatic heterocycles. The Bertz CT molecular complexity index is 335. The number of hydrogen-bond acceptors (Lipinski definition) is 2. The van der Waals surface area contributed by atoms with Crippen LogP contribution in [0.5, 0.6) is 0 Å². The molecule has 102 valence electrons. The molecule has 3 heteroatoms. The molecule has 0 radical (unpaired) electrons. The van der Waals surface area contributed by atoms with Gasteiger partial charge in [-0.3, -0.25) is 11.3 Å². The molecule has 0 saturated heterocycles. The number of halogens is 1. The van der Waals surface area contributed by atoms with Crippen molar-refractivity contribution in [3.8, 4) is 0 Å². The molecule has 18 heavy (non-hydrogen) atoms. The maximum Gasteiger partial charge on any atom is 0.0279 e. The predicted octanol–water partition coefficient (Wildman–Crippen LogP) is 4.04. The molecule has 0 amide bonds. The first-order valence-electron chi connectivity index (χ1n) is 6.92. The van der Waals surface area contributed by atoms with E-state index in [0.29, 0.717) is 12.0 Å². The molecule has 2 nitrogen and oxygen atoms in total. The van der Waals surface area contributed by atoms with Gasteiger partial charge < -0.3 is 0 Å². The van der Waals surface area contributed by atoms with Gasteiger partial charge in [0.05, 0.1) is 0 Å².